The molecule has 24 heavy (non-hydrogen) atoms. The number of benzene rings is 2. The van der Waals surface area contributed by atoms with Gasteiger partial charge in [-0.25, -0.2) is 5.01 Å². The van der Waals surface area contributed by atoms with Gasteiger partial charge in [-0.3, -0.25) is 4.79 Å². The largest absolute Gasteiger partial charge is 0.496 e. The number of carbonyl (C=O) groups is 1. The Kier molecular flexibility index (Phi) is 5.78. The van der Waals surface area contributed by atoms with Gasteiger partial charge < -0.3 is 14.2 Å². The Bertz CT molecular complexity index is 744. The number of ether oxygens (including phenoxy) is 3. The van der Waals surface area contributed by atoms with Gasteiger partial charge in [0.1, 0.15) is 5.75 Å². The van der Waals surface area contributed by atoms with Crippen molar-refractivity contribution in [3.05, 3.63) is 53.6 Å². The third-order valence-electron chi connectivity index (χ3n) is 3.42. The zero-order valence-corrected chi connectivity index (χ0v) is 14.1. The van der Waals surface area contributed by atoms with Gasteiger partial charge in [0.25, 0.3) is 5.91 Å². The lowest BCUT2D eigenvalue weighted by Gasteiger charge is -2.13. The Morgan fingerprint density at radius 1 is 0.958 bits per heavy atom. The molecule has 126 valence electrons. The average molecular weight is 328 g/mol. The van der Waals surface area contributed by atoms with Gasteiger partial charge in [-0.15, -0.1) is 0 Å². The molecule has 0 saturated carbocycles. The van der Waals surface area contributed by atoms with Crippen LogP contribution >= 0.6 is 0 Å². The molecule has 0 spiro atoms. The maximum Gasteiger partial charge on any atom is 0.277 e. The first-order valence-electron chi connectivity index (χ1n) is 7.27. The number of methoxy groups -OCH3 is 3. The van der Waals surface area contributed by atoms with Crippen LogP contribution in [-0.2, 0) is 0 Å². The maximum absolute atomic E-state index is 12.5. The van der Waals surface area contributed by atoms with Crippen LogP contribution in [0.1, 0.15) is 15.9 Å². The second kappa shape index (κ2) is 8.01. The summed E-state index contributed by atoms with van der Waals surface area (Å²) in [5.41, 5.74) is 1.24. The van der Waals surface area contributed by atoms with E-state index in [0.717, 1.165) is 5.56 Å². The molecule has 1 amide bonds. The molecule has 0 N–H and O–H groups in total. The van der Waals surface area contributed by atoms with Gasteiger partial charge in [0.2, 0.25) is 0 Å². The summed E-state index contributed by atoms with van der Waals surface area (Å²) in [5, 5.41) is 5.44. The third kappa shape index (κ3) is 3.84. The number of rotatable bonds is 6. The van der Waals surface area contributed by atoms with Crippen molar-refractivity contribution in [2.75, 3.05) is 28.4 Å². The SMILES string of the molecule is COc1ccc(/C=N/N(C)C(=O)c2ccccc2OC)cc1OC. The van der Waals surface area contributed by atoms with E-state index in [2.05, 4.69) is 5.10 Å². The summed E-state index contributed by atoms with van der Waals surface area (Å²) in [6.07, 6.45) is 1.58. The summed E-state index contributed by atoms with van der Waals surface area (Å²) in [6.45, 7) is 0. The molecule has 6 heteroatoms. The standard InChI is InChI=1S/C18H20N2O4/c1-20(18(21)14-7-5-6-8-15(14)22-2)19-12-13-9-10-16(23-3)17(11-13)24-4/h5-12H,1-4H3/b19-12+. The van der Waals surface area contributed by atoms with E-state index in [4.69, 9.17) is 14.2 Å². The zero-order valence-electron chi connectivity index (χ0n) is 14.1. The van der Waals surface area contributed by atoms with Crippen molar-refractivity contribution in [1.29, 1.82) is 0 Å². The summed E-state index contributed by atoms with van der Waals surface area (Å²) in [4.78, 5) is 12.5. The van der Waals surface area contributed by atoms with E-state index in [9.17, 15) is 4.79 Å². The second-order valence-electron chi connectivity index (χ2n) is 4.89. The van der Waals surface area contributed by atoms with Crippen molar-refractivity contribution in [2.24, 2.45) is 5.10 Å². The fourth-order valence-electron chi connectivity index (χ4n) is 2.13. The molecule has 0 atom stereocenters. The van der Waals surface area contributed by atoms with Gasteiger partial charge in [0, 0.05) is 7.05 Å². The quantitative estimate of drug-likeness (QED) is 0.604. The highest BCUT2D eigenvalue weighted by atomic mass is 16.5. The molecule has 0 heterocycles. The Morgan fingerprint density at radius 3 is 2.29 bits per heavy atom. The Labute approximate surface area is 141 Å². The van der Waals surface area contributed by atoms with E-state index in [0.29, 0.717) is 22.8 Å². The topological polar surface area (TPSA) is 60.4 Å². The minimum absolute atomic E-state index is 0.260. The highest BCUT2D eigenvalue weighted by molar-refractivity contribution is 5.97. The van der Waals surface area contributed by atoms with Crippen LogP contribution in [0.3, 0.4) is 0 Å². The van der Waals surface area contributed by atoms with Crippen LogP contribution in [0.2, 0.25) is 0 Å². The zero-order chi connectivity index (χ0) is 17.5. The molecule has 2 aromatic rings. The molecule has 0 unspecified atom stereocenters. The number of amides is 1. The van der Waals surface area contributed by atoms with E-state index in [1.807, 2.05) is 12.1 Å². The van der Waals surface area contributed by atoms with Crippen LogP contribution in [0, 0.1) is 0 Å². The Hall–Kier alpha value is -3.02. The predicted octanol–water partition coefficient (Wildman–Crippen LogP) is 2.82. The molecular formula is C18H20N2O4. The molecular weight excluding hydrogens is 308 g/mol. The van der Waals surface area contributed by atoms with Crippen LogP contribution in [0.25, 0.3) is 0 Å². The van der Waals surface area contributed by atoms with Crippen LogP contribution < -0.4 is 14.2 Å². The third-order valence-corrected chi connectivity index (χ3v) is 3.42. The van der Waals surface area contributed by atoms with Gasteiger partial charge in [-0.1, -0.05) is 12.1 Å². The summed E-state index contributed by atoms with van der Waals surface area (Å²) >= 11 is 0. The van der Waals surface area contributed by atoms with E-state index in [1.54, 1.807) is 57.8 Å². The number of para-hydroxylation sites is 1. The maximum atomic E-state index is 12.5. The number of carbonyl (C=O) groups excluding carboxylic acids is 1. The molecule has 0 bridgehead atoms. The number of hydrazone groups is 1. The van der Waals surface area contributed by atoms with Gasteiger partial charge in [0.05, 0.1) is 33.1 Å². The van der Waals surface area contributed by atoms with Gasteiger partial charge in [0.15, 0.2) is 11.5 Å². The molecule has 0 fully saturated rings. The van der Waals surface area contributed by atoms with Crippen molar-refractivity contribution in [2.45, 2.75) is 0 Å². The molecule has 0 aromatic heterocycles. The van der Waals surface area contributed by atoms with E-state index in [-0.39, 0.29) is 5.91 Å². The normalized spacial score (nSPS) is 10.5. The molecule has 2 aromatic carbocycles. The number of hydrogen-bond acceptors (Lipinski definition) is 5. The molecule has 0 saturated heterocycles. The molecule has 6 nitrogen and oxygen atoms in total. The lowest BCUT2D eigenvalue weighted by Crippen LogP contribution is -2.22. The van der Waals surface area contributed by atoms with Gasteiger partial charge in [-0.2, -0.15) is 5.10 Å². The van der Waals surface area contributed by atoms with Crippen molar-refractivity contribution >= 4 is 12.1 Å². The first kappa shape index (κ1) is 17.3. The molecule has 0 aliphatic heterocycles. The highest BCUT2D eigenvalue weighted by Gasteiger charge is 2.15. The first-order chi connectivity index (χ1) is 11.6. The van der Waals surface area contributed by atoms with Crippen LogP contribution in [0.4, 0.5) is 0 Å². The Balaban J connectivity index is 2.18. The van der Waals surface area contributed by atoms with Crippen LogP contribution in [-0.4, -0.2) is 45.5 Å². The smallest absolute Gasteiger partial charge is 0.277 e. The van der Waals surface area contributed by atoms with Gasteiger partial charge >= 0.3 is 0 Å². The first-order valence-corrected chi connectivity index (χ1v) is 7.27. The van der Waals surface area contributed by atoms with Crippen molar-refractivity contribution in [3.8, 4) is 17.2 Å². The molecule has 0 radical (unpaired) electrons. The number of hydrogen-bond donors (Lipinski definition) is 0. The fourth-order valence-corrected chi connectivity index (χ4v) is 2.13. The summed E-state index contributed by atoms with van der Waals surface area (Å²) in [6, 6.07) is 12.4. The van der Waals surface area contributed by atoms with E-state index in [1.165, 1.54) is 12.1 Å². The monoisotopic (exact) mass is 328 g/mol. The van der Waals surface area contributed by atoms with E-state index >= 15 is 0 Å². The summed E-state index contributed by atoms with van der Waals surface area (Å²) in [7, 11) is 6.26. The van der Waals surface area contributed by atoms with Crippen molar-refractivity contribution in [3.63, 3.8) is 0 Å². The summed E-state index contributed by atoms with van der Waals surface area (Å²) < 4.78 is 15.6. The predicted molar refractivity (Wildman–Crippen MR) is 92.2 cm³/mol. The minimum atomic E-state index is -0.260. The second-order valence-corrected chi connectivity index (χ2v) is 4.89. The van der Waals surface area contributed by atoms with Crippen LogP contribution in [0.15, 0.2) is 47.6 Å². The molecule has 2 rings (SSSR count). The summed E-state index contributed by atoms with van der Waals surface area (Å²) in [5.74, 6) is 1.48. The Morgan fingerprint density at radius 2 is 1.62 bits per heavy atom. The minimum Gasteiger partial charge on any atom is -0.496 e. The molecule has 0 aliphatic carbocycles. The lowest BCUT2D eigenvalue weighted by molar-refractivity contribution is 0.0797. The van der Waals surface area contributed by atoms with Crippen molar-refractivity contribution in [1.82, 2.24) is 5.01 Å². The van der Waals surface area contributed by atoms with Gasteiger partial charge in [-0.05, 0) is 35.9 Å². The lowest BCUT2D eigenvalue weighted by atomic mass is 10.2. The fraction of sp³-hybridized carbons (Fsp3) is 0.222. The molecule has 0 aliphatic rings. The number of nitrogens with zero attached hydrogens (tertiary/aromatic N) is 2. The average Bonchev–Trinajstić information content (AvgIpc) is 2.64. The van der Waals surface area contributed by atoms with Crippen molar-refractivity contribution < 1.29 is 19.0 Å². The van der Waals surface area contributed by atoms with E-state index < -0.39 is 0 Å². The highest BCUT2D eigenvalue weighted by Crippen LogP contribution is 2.27. The van der Waals surface area contributed by atoms with Crippen LogP contribution in [0.5, 0.6) is 17.2 Å².